The van der Waals surface area contributed by atoms with Crippen LogP contribution in [0.15, 0.2) is 30.3 Å². The van der Waals surface area contributed by atoms with Gasteiger partial charge in [0.05, 0.1) is 0 Å². The Bertz CT molecular complexity index is 523. The molecule has 1 aromatic rings. The van der Waals surface area contributed by atoms with E-state index in [1.165, 1.54) is 6.08 Å². The lowest BCUT2D eigenvalue weighted by Gasteiger charge is -2.06. The lowest BCUT2D eigenvalue weighted by molar-refractivity contribution is -0.131. The summed E-state index contributed by atoms with van der Waals surface area (Å²) in [5, 5.41) is 13.5. The topological polar surface area (TPSA) is 122 Å². The first-order chi connectivity index (χ1) is 9.47. The SMILES string of the molecule is NC(=O)CCNC(=O)Nc1ccc(/C=C/C(=O)O)cc1. The number of anilines is 1. The van der Waals surface area contributed by atoms with Gasteiger partial charge < -0.3 is 21.5 Å². The predicted octanol–water partition coefficient (Wildman–Crippen LogP) is 0.781. The number of urea groups is 1. The molecule has 5 N–H and O–H groups in total. The number of benzene rings is 1. The number of rotatable bonds is 6. The molecular formula is C13H15N3O4. The molecule has 0 saturated carbocycles. The van der Waals surface area contributed by atoms with Crippen molar-refractivity contribution in [2.24, 2.45) is 5.73 Å². The molecular weight excluding hydrogens is 262 g/mol. The smallest absolute Gasteiger partial charge is 0.328 e. The van der Waals surface area contributed by atoms with Crippen LogP contribution in [0.4, 0.5) is 10.5 Å². The first-order valence-electron chi connectivity index (χ1n) is 5.81. The Hall–Kier alpha value is -2.83. The third-order valence-corrected chi connectivity index (χ3v) is 2.24. The lowest BCUT2D eigenvalue weighted by Crippen LogP contribution is -2.31. The zero-order chi connectivity index (χ0) is 15.0. The van der Waals surface area contributed by atoms with Gasteiger partial charge in [0.1, 0.15) is 0 Å². The summed E-state index contributed by atoms with van der Waals surface area (Å²) in [6.07, 6.45) is 2.55. The van der Waals surface area contributed by atoms with Gasteiger partial charge in [0.2, 0.25) is 5.91 Å². The molecule has 1 aromatic carbocycles. The average Bonchev–Trinajstić information content (AvgIpc) is 2.37. The van der Waals surface area contributed by atoms with Crippen LogP contribution in [0.25, 0.3) is 6.08 Å². The van der Waals surface area contributed by atoms with Crippen LogP contribution in [0.1, 0.15) is 12.0 Å². The molecule has 0 fully saturated rings. The highest BCUT2D eigenvalue weighted by Crippen LogP contribution is 2.10. The van der Waals surface area contributed by atoms with Crippen LogP contribution in [0.5, 0.6) is 0 Å². The first kappa shape index (κ1) is 15.2. The van der Waals surface area contributed by atoms with Crippen LogP contribution in [-0.4, -0.2) is 29.6 Å². The van der Waals surface area contributed by atoms with Crippen molar-refractivity contribution < 1.29 is 19.5 Å². The van der Waals surface area contributed by atoms with E-state index in [-0.39, 0.29) is 13.0 Å². The van der Waals surface area contributed by atoms with Crippen molar-refractivity contribution in [1.82, 2.24) is 5.32 Å². The maximum atomic E-state index is 11.4. The molecule has 106 valence electrons. The fourth-order valence-corrected chi connectivity index (χ4v) is 1.32. The van der Waals surface area contributed by atoms with Gasteiger partial charge in [0, 0.05) is 24.7 Å². The van der Waals surface area contributed by atoms with E-state index < -0.39 is 17.9 Å². The number of carbonyl (C=O) groups excluding carboxylic acids is 2. The second-order valence-corrected chi connectivity index (χ2v) is 3.89. The lowest BCUT2D eigenvalue weighted by atomic mass is 10.2. The Morgan fingerprint density at radius 2 is 1.85 bits per heavy atom. The van der Waals surface area contributed by atoms with E-state index in [0.717, 1.165) is 6.08 Å². The molecule has 0 saturated heterocycles. The maximum absolute atomic E-state index is 11.4. The van der Waals surface area contributed by atoms with E-state index in [1.807, 2.05) is 0 Å². The molecule has 7 nitrogen and oxygen atoms in total. The number of nitrogens with two attached hydrogens (primary N) is 1. The molecule has 3 amide bonds. The number of amides is 3. The maximum Gasteiger partial charge on any atom is 0.328 e. The van der Waals surface area contributed by atoms with Gasteiger partial charge in [-0.05, 0) is 23.8 Å². The Labute approximate surface area is 115 Å². The molecule has 0 aliphatic carbocycles. The van der Waals surface area contributed by atoms with Gasteiger partial charge in [0.25, 0.3) is 0 Å². The van der Waals surface area contributed by atoms with E-state index >= 15 is 0 Å². The van der Waals surface area contributed by atoms with Gasteiger partial charge in [-0.3, -0.25) is 4.79 Å². The highest BCUT2D eigenvalue weighted by molar-refractivity contribution is 5.90. The minimum absolute atomic E-state index is 0.0757. The fourth-order valence-electron chi connectivity index (χ4n) is 1.32. The molecule has 0 heterocycles. The van der Waals surface area contributed by atoms with Crippen LogP contribution in [0, 0.1) is 0 Å². The number of hydrogen-bond acceptors (Lipinski definition) is 3. The summed E-state index contributed by atoms with van der Waals surface area (Å²) in [5.74, 6) is -1.51. The highest BCUT2D eigenvalue weighted by atomic mass is 16.4. The van der Waals surface area contributed by atoms with Gasteiger partial charge in [-0.1, -0.05) is 12.1 Å². The van der Waals surface area contributed by atoms with Gasteiger partial charge in [-0.2, -0.15) is 0 Å². The van der Waals surface area contributed by atoms with E-state index in [9.17, 15) is 14.4 Å². The molecule has 0 spiro atoms. The van der Waals surface area contributed by atoms with Crippen molar-refractivity contribution in [1.29, 1.82) is 0 Å². The van der Waals surface area contributed by atoms with Crippen molar-refractivity contribution in [2.75, 3.05) is 11.9 Å². The molecule has 0 aliphatic heterocycles. The third kappa shape index (κ3) is 6.20. The monoisotopic (exact) mass is 277 g/mol. The largest absolute Gasteiger partial charge is 0.478 e. The number of carboxylic acid groups (broad SMARTS) is 1. The molecule has 0 aromatic heterocycles. The van der Waals surface area contributed by atoms with Crippen molar-refractivity contribution in [3.8, 4) is 0 Å². The summed E-state index contributed by atoms with van der Waals surface area (Å²) in [4.78, 5) is 32.3. The Kier molecular flexibility index (Phi) is 5.76. The summed E-state index contributed by atoms with van der Waals surface area (Å²) < 4.78 is 0. The van der Waals surface area contributed by atoms with E-state index in [4.69, 9.17) is 10.8 Å². The second kappa shape index (κ2) is 7.57. The molecule has 0 atom stereocenters. The van der Waals surface area contributed by atoms with E-state index in [1.54, 1.807) is 24.3 Å². The highest BCUT2D eigenvalue weighted by Gasteiger charge is 2.02. The number of carboxylic acids is 1. The summed E-state index contributed by atoms with van der Waals surface area (Å²) in [7, 11) is 0. The van der Waals surface area contributed by atoms with Crippen molar-refractivity contribution in [3.05, 3.63) is 35.9 Å². The normalized spacial score (nSPS) is 10.2. The van der Waals surface area contributed by atoms with E-state index in [0.29, 0.717) is 11.3 Å². The zero-order valence-corrected chi connectivity index (χ0v) is 10.6. The van der Waals surface area contributed by atoms with Crippen molar-refractivity contribution in [2.45, 2.75) is 6.42 Å². The van der Waals surface area contributed by atoms with Crippen molar-refractivity contribution in [3.63, 3.8) is 0 Å². The fraction of sp³-hybridized carbons (Fsp3) is 0.154. The molecule has 0 radical (unpaired) electrons. The summed E-state index contributed by atoms with van der Waals surface area (Å²) in [6.45, 7) is 0.167. The summed E-state index contributed by atoms with van der Waals surface area (Å²) >= 11 is 0. The van der Waals surface area contributed by atoms with Crippen molar-refractivity contribution >= 4 is 29.7 Å². The molecule has 0 unspecified atom stereocenters. The number of nitrogens with one attached hydrogen (secondary N) is 2. The van der Waals surface area contributed by atoms with Gasteiger partial charge >= 0.3 is 12.0 Å². The Morgan fingerprint density at radius 3 is 2.40 bits per heavy atom. The molecule has 20 heavy (non-hydrogen) atoms. The van der Waals surface area contributed by atoms with Crippen LogP contribution >= 0.6 is 0 Å². The first-order valence-corrected chi connectivity index (χ1v) is 5.81. The van der Waals surface area contributed by atoms with Crippen LogP contribution < -0.4 is 16.4 Å². The van der Waals surface area contributed by atoms with Crippen LogP contribution in [-0.2, 0) is 9.59 Å². The standard InChI is InChI=1S/C13H15N3O4/c14-11(17)7-8-15-13(20)16-10-4-1-9(2-5-10)3-6-12(18)19/h1-6H,7-8H2,(H2,14,17)(H,18,19)(H2,15,16,20)/b6-3+. The third-order valence-electron chi connectivity index (χ3n) is 2.24. The summed E-state index contributed by atoms with van der Waals surface area (Å²) in [5.41, 5.74) is 6.19. The Balaban J connectivity index is 2.46. The Morgan fingerprint density at radius 1 is 1.20 bits per heavy atom. The quantitative estimate of drug-likeness (QED) is 0.574. The molecule has 7 heteroatoms. The molecule has 0 aliphatic rings. The predicted molar refractivity (Wildman–Crippen MR) is 73.9 cm³/mol. The minimum atomic E-state index is -1.03. The van der Waals surface area contributed by atoms with Gasteiger partial charge in [-0.25, -0.2) is 9.59 Å². The van der Waals surface area contributed by atoms with Crippen LogP contribution in [0.3, 0.4) is 0 Å². The van der Waals surface area contributed by atoms with E-state index in [2.05, 4.69) is 10.6 Å². The minimum Gasteiger partial charge on any atom is -0.478 e. The second-order valence-electron chi connectivity index (χ2n) is 3.89. The summed E-state index contributed by atoms with van der Waals surface area (Å²) in [6, 6.07) is 6.15. The number of hydrogen-bond donors (Lipinski definition) is 4. The van der Waals surface area contributed by atoms with Gasteiger partial charge in [0.15, 0.2) is 0 Å². The number of aliphatic carboxylic acids is 1. The van der Waals surface area contributed by atoms with Crippen LogP contribution in [0.2, 0.25) is 0 Å². The zero-order valence-electron chi connectivity index (χ0n) is 10.6. The average molecular weight is 277 g/mol. The molecule has 0 bridgehead atoms. The number of carbonyl (C=O) groups is 3. The van der Waals surface area contributed by atoms with Gasteiger partial charge in [-0.15, -0.1) is 0 Å². The molecule has 1 rings (SSSR count). The number of primary amides is 1.